The Kier molecular flexibility index (Phi) is 9.69. The average Bonchev–Trinajstić information content (AvgIpc) is 3.28. The quantitative estimate of drug-likeness (QED) is 0.222. The first kappa shape index (κ1) is 27.7. The molecule has 3 aromatic rings. The first-order chi connectivity index (χ1) is 17.7. The molecule has 12 nitrogen and oxygen atoms in total. The number of imidazole rings is 1. The van der Waals surface area contributed by atoms with Crippen LogP contribution in [0.15, 0.2) is 47.4 Å². The lowest BCUT2D eigenvalue weighted by Gasteiger charge is -2.17. The molecule has 3 rings (SSSR count). The van der Waals surface area contributed by atoms with Gasteiger partial charge in [0.25, 0.3) is 5.91 Å². The van der Waals surface area contributed by atoms with Gasteiger partial charge >= 0.3 is 16.2 Å². The summed E-state index contributed by atoms with van der Waals surface area (Å²) in [5.41, 5.74) is 0.944. The van der Waals surface area contributed by atoms with Gasteiger partial charge in [-0.1, -0.05) is 13.8 Å². The van der Waals surface area contributed by atoms with Crippen molar-refractivity contribution in [3.63, 3.8) is 0 Å². The Hall–Kier alpha value is -3.84. The van der Waals surface area contributed by atoms with Crippen molar-refractivity contribution in [2.45, 2.75) is 25.2 Å². The van der Waals surface area contributed by atoms with Crippen molar-refractivity contribution < 1.29 is 31.7 Å². The molecule has 3 N–H and O–H groups in total. The van der Waals surface area contributed by atoms with Crippen LogP contribution in [-0.2, 0) is 19.6 Å². The monoisotopic (exact) mass is 533 g/mol. The van der Waals surface area contributed by atoms with Crippen LogP contribution >= 0.6 is 0 Å². The predicted molar refractivity (Wildman–Crippen MR) is 137 cm³/mol. The zero-order valence-corrected chi connectivity index (χ0v) is 21.8. The number of anilines is 1. The number of nitrogens with one attached hydrogen (secondary N) is 3. The van der Waals surface area contributed by atoms with E-state index in [0.717, 1.165) is 26.1 Å². The van der Waals surface area contributed by atoms with E-state index in [9.17, 15) is 18.0 Å². The lowest BCUT2D eigenvalue weighted by molar-refractivity contribution is -0.123. The SMILES string of the molecule is CCN(CC)CCCNC(=O)COc1ccc(S(=O)(=O)Oc2ccc3nc(NC(=O)OC)[nH]c3c2)cc1. The topological polar surface area (TPSA) is 152 Å². The van der Waals surface area contributed by atoms with Gasteiger partial charge < -0.3 is 28.9 Å². The molecule has 0 aliphatic heterocycles. The lowest BCUT2D eigenvalue weighted by Crippen LogP contribution is -2.32. The number of methoxy groups -OCH3 is 1. The Morgan fingerprint density at radius 1 is 1.05 bits per heavy atom. The van der Waals surface area contributed by atoms with Gasteiger partial charge in [-0.2, -0.15) is 8.42 Å². The van der Waals surface area contributed by atoms with Crippen LogP contribution in [0.25, 0.3) is 11.0 Å². The van der Waals surface area contributed by atoms with Crippen LogP contribution in [0.3, 0.4) is 0 Å². The molecule has 200 valence electrons. The third-order valence-corrected chi connectivity index (χ3v) is 6.68. The maximum Gasteiger partial charge on any atom is 0.413 e. The Balaban J connectivity index is 1.52. The Morgan fingerprint density at radius 2 is 1.76 bits per heavy atom. The van der Waals surface area contributed by atoms with E-state index in [1.807, 2.05) is 0 Å². The number of benzene rings is 2. The molecule has 2 aromatic carbocycles. The zero-order chi connectivity index (χ0) is 26.8. The second-order valence-corrected chi connectivity index (χ2v) is 9.46. The summed E-state index contributed by atoms with van der Waals surface area (Å²) in [6, 6.07) is 10.0. The number of aromatic nitrogens is 2. The second kappa shape index (κ2) is 12.9. The maximum absolute atomic E-state index is 12.7. The molecule has 2 amide bonds. The number of ether oxygens (including phenoxy) is 2. The maximum atomic E-state index is 12.7. The number of aromatic amines is 1. The fraction of sp³-hybridized carbons (Fsp3) is 0.375. The standard InChI is InChI=1S/C24H31N5O7S/c1-4-29(5-2)14-6-13-25-22(30)16-35-17-7-10-19(11-8-17)37(32,33)36-18-9-12-20-21(15-18)27-23(26-20)28-24(31)34-3/h7-12,15H,4-6,13-14,16H2,1-3H3,(H,25,30)(H2,26,27,28,31). The van der Waals surface area contributed by atoms with Gasteiger partial charge in [-0.05, 0) is 62.5 Å². The highest BCUT2D eigenvalue weighted by atomic mass is 32.2. The molecular weight excluding hydrogens is 502 g/mol. The van der Waals surface area contributed by atoms with Crippen molar-refractivity contribution in [1.82, 2.24) is 20.2 Å². The molecule has 0 fully saturated rings. The van der Waals surface area contributed by atoms with E-state index in [2.05, 4.69) is 44.1 Å². The average molecular weight is 534 g/mol. The minimum absolute atomic E-state index is 0.0544. The molecule has 0 aliphatic carbocycles. The van der Waals surface area contributed by atoms with E-state index >= 15 is 0 Å². The van der Waals surface area contributed by atoms with Gasteiger partial charge in [-0.25, -0.2) is 9.78 Å². The second-order valence-electron chi connectivity index (χ2n) is 7.91. The minimum atomic E-state index is -4.14. The van der Waals surface area contributed by atoms with Crippen molar-refractivity contribution in [2.75, 3.05) is 45.2 Å². The van der Waals surface area contributed by atoms with Crippen LogP contribution in [-0.4, -0.2) is 75.2 Å². The number of hydrogen-bond donors (Lipinski definition) is 3. The zero-order valence-electron chi connectivity index (χ0n) is 20.9. The molecule has 0 unspecified atom stereocenters. The van der Waals surface area contributed by atoms with Gasteiger partial charge in [-0.3, -0.25) is 10.1 Å². The molecule has 0 saturated heterocycles. The van der Waals surface area contributed by atoms with Crippen molar-refractivity contribution in [1.29, 1.82) is 0 Å². The number of rotatable bonds is 13. The number of H-pyrrole nitrogens is 1. The van der Waals surface area contributed by atoms with Crippen LogP contribution in [0.4, 0.5) is 10.7 Å². The summed E-state index contributed by atoms with van der Waals surface area (Å²) in [6.07, 6.45) is 0.149. The number of amides is 2. The minimum Gasteiger partial charge on any atom is -0.484 e. The van der Waals surface area contributed by atoms with Gasteiger partial charge in [0, 0.05) is 12.6 Å². The Morgan fingerprint density at radius 3 is 2.43 bits per heavy atom. The van der Waals surface area contributed by atoms with Crippen LogP contribution in [0, 0.1) is 0 Å². The van der Waals surface area contributed by atoms with E-state index in [-0.39, 0.29) is 29.1 Å². The summed E-state index contributed by atoms with van der Waals surface area (Å²) in [4.78, 5) is 32.5. The van der Waals surface area contributed by atoms with Crippen molar-refractivity contribution in [2.24, 2.45) is 0 Å². The van der Waals surface area contributed by atoms with Gasteiger partial charge in [0.1, 0.15) is 16.4 Å². The van der Waals surface area contributed by atoms with E-state index in [1.165, 1.54) is 43.5 Å². The summed E-state index contributed by atoms with van der Waals surface area (Å²) < 4.78 is 40.6. The number of carbonyl (C=O) groups is 2. The Labute approximate surface area is 215 Å². The summed E-state index contributed by atoms with van der Waals surface area (Å²) >= 11 is 0. The largest absolute Gasteiger partial charge is 0.484 e. The van der Waals surface area contributed by atoms with Crippen LogP contribution in [0.1, 0.15) is 20.3 Å². The smallest absolute Gasteiger partial charge is 0.413 e. The van der Waals surface area contributed by atoms with E-state index in [0.29, 0.717) is 23.3 Å². The van der Waals surface area contributed by atoms with Crippen molar-refractivity contribution >= 4 is 39.1 Å². The molecule has 13 heteroatoms. The molecule has 0 saturated carbocycles. The predicted octanol–water partition coefficient (Wildman–Crippen LogP) is 2.74. The first-order valence-electron chi connectivity index (χ1n) is 11.7. The summed E-state index contributed by atoms with van der Waals surface area (Å²) in [7, 11) is -2.91. The molecule has 0 atom stereocenters. The van der Waals surface area contributed by atoms with Crippen LogP contribution in [0.5, 0.6) is 11.5 Å². The molecule has 0 bridgehead atoms. The van der Waals surface area contributed by atoms with Gasteiger partial charge in [0.15, 0.2) is 6.61 Å². The van der Waals surface area contributed by atoms with Crippen molar-refractivity contribution in [3.8, 4) is 11.5 Å². The fourth-order valence-electron chi connectivity index (χ4n) is 3.40. The molecule has 0 aliphatic rings. The molecule has 0 spiro atoms. The normalized spacial score (nSPS) is 11.4. The van der Waals surface area contributed by atoms with Crippen molar-refractivity contribution in [3.05, 3.63) is 42.5 Å². The molecule has 1 heterocycles. The fourth-order valence-corrected chi connectivity index (χ4v) is 4.32. The van der Waals surface area contributed by atoms with Gasteiger partial charge in [-0.15, -0.1) is 0 Å². The number of nitrogens with zero attached hydrogens (tertiary/aromatic N) is 2. The first-order valence-corrected chi connectivity index (χ1v) is 13.2. The summed E-state index contributed by atoms with van der Waals surface area (Å²) in [5.74, 6) is 0.296. The summed E-state index contributed by atoms with van der Waals surface area (Å²) in [6.45, 7) is 7.44. The van der Waals surface area contributed by atoms with E-state index in [1.54, 1.807) is 6.07 Å². The highest BCUT2D eigenvalue weighted by Gasteiger charge is 2.18. The molecule has 37 heavy (non-hydrogen) atoms. The summed E-state index contributed by atoms with van der Waals surface area (Å²) in [5, 5.41) is 5.20. The molecular formula is C24H31N5O7S. The number of carbonyl (C=O) groups excluding carboxylic acids is 2. The Bertz CT molecular complexity index is 1300. The number of hydrogen-bond acceptors (Lipinski definition) is 9. The lowest BCUT2D eigenvalue weighted by atomic mass is 10.3. The molecule has 1 aromatic heterocycles. The van der Waals surface area contributed by atoms with Gasteiger partial charge in [0.2, 0.25) is 5.95 Å². The van der Waals surface area contributed by atoms with E-state index < -0.39 is 16.2 Å². The third kappa shape index (κ3) is 8.08. The molecule has 0 radical (unpaired) electrons. The van der Waals surface area contributed by atoms with Crippen LogP contribution in [0.2, 0.25) is 0 Å². The number of fused-ring (bicyclic) bond motifs is 1. The highest BCUT2D eigenvalue weighted by molar-refractivity contribution is 7.87. The van der Waals surface area contributed by atoms with Crippen LogP contribution < -0.4 is 19.6 Å². The van der Waals surface area contributed by atoms with E-state index in [4.69, 9.17) is 8.92 Å². The third-order valence-electron chi connectivity index (χ3n) is 5.42. The van der Waals surface area contributed by atoms with Gasteiger partial charge in [0.05, 0.1) is 18.1 Å². The highest BCUT2D eigenvalue weighted by Crippen LogP contribution is 2.25.